The molecule has 0 radical (unpaired) electrons. The zero-order chi connectivity index (χ0) is 21.8. The van der Waals surface area contributed by atoms with E-state index in [0.717, 1.165) is 17.3 Å². The number of halogens is 1. The van der Waals surface area contributed by atoms with Crippen molar-refractivity contribution in [2.45, 2.75) is 37.0 Å². The van der Waals surface area contributed by atoms with Crippen molar-refractivity contribution >= 4 is 17.7 Å². The second-order valence-electron chi connectivity index (χ2n) is 6.79. The predicted octanol–water partition coefficient (Wildman–Crippen LogP) is 3.87. The fraction of sp³-hybridized carbons (Fsp3) is 0.286. The summed E-state index contributed by atoms with van der Waals surface area (Å²) in [6, 6.07) is 11.2. The van der Waals surface area contributed by atoms with Crippen molar-refractivity contribution in [1.29, 1.82) is 0 Å². The molecule has 0 aliphatic carbocycles. The molecule has 10 heteroatoms. The van der Waals surface area contributed by atoms with E-state index in [1.807, 2.05) is 18.2 Å². The molecule has 0 saturated heterocycles. The van der Waals surface area contributed by atoms with E-state index in [4.69, 9.17) is 18.6 Å². The van der Waals surface area contributed by atoms with Crippen molar-refractivity contribution in [1.82, 2.24) is 15.5 Å². The number of carbonyl (C=O) groups is 1. The molecule has 1 aliphatic heterocycles. The quantitative estimate of drug-likeness (QED) is 0.522. The van der Waals surface area contributed by atoms with Crippen LogP contribution in [0.25, 0.3) is 0 Å². The number of thioether (sulfide) groups is 1. The molecule has 0 saturated carbocycles. The average Bonchev–Trinajstić information content (AvgIpc) is 3.42. The molecule has 0 spiro atoms. The van der Waals surface area contributed by atoms with Crippen LogP contribution in [0.4, 0.5) is 4.39 Å². The van der Waals surface area contributed by atoms with E-state index in [-0.39, 0.29) is 29.6 Å². The maximum Gasteiger partial charge on any atom is 0.277 e. The van der Waals surface area contributed by atoms with Crippen LogP contribution in [0.1, 0.15) is 31.4 Å². The van der Waals surface area contributed by atoms with Gasteiger partial charge in [-0.05, 0) is 55.8 Å². The highest BCUT2D eigenvalue weighted by Crippen LogP contribution is 2.32. The van der Waals surface area contributed by atoms with E-state index in [2.05, 4.69) is 15.5 Å². The Hall–Kier alpha value is -3.27. The van der Waals surface area contributed by atoms with Gasteiger partial charge in [0.25, 0.3) is 11.1 Å². The van der Waals surface area contributed by atoms with Crippen LogP contribution in [0, 0.1) is 5.82 Å². The Labute approximate surface area is 182 Å². The molecule has 2 aromatic carbocycles. The van der Waals surface area contributed by atoms with E-state index < -0.39 is 11.4 Å². The Balaban J connectivity index is 1.28. The van der Waals surface area contributed by atoms with Gasteiger partial charge in [-0.15, -0.1) is 10.2 Å². The van der Waals surface area contributed by atoms with Gasteiger partial charge in [-0.2, -0.15) is 0 Å². The van der Waals surface area contributed by atoms with Crippen LogP contribution in [0.3, 0.4) is 0 Å². The Bertz CT molecular complexity index is 1060. The molecule has 162 valence electrons. The third-order valence-electron chi connectivity index (χ3n) is 4.45. The molecule has 3 aromatic rings. The maximum atomic E-state index is 13.0. The number of fused-ring (bicyclic) bond motifs is 1. The Morgan fingerprint density at radius 1 is 1.16 bits per heavy atom. The maximum absolute atomic E-state index is 13.0. The highest BCUT2D eigenvalue weighted by Gasteiger charge is 2.21. The summed E-state index contributed by atoms with van der Waals surface area (Å²) < 4.78 is 34.9. The summed E-state index contributed by atoms with van der Waals surface area (Å²) in [5.74, 6) is 1.60. The number of nitrogens with zero attached hydrogens (tertiary/aromatic N) is 2. The first-order chi connectivity index (χ1) is 15.0. The molecule has 0 fully saturated rings. The van der Waals surface area contributed by atoms with Crippen LogP contribution >= 0.6 is 11.8 Å². The molecule has 0 unspecified atom stereocenters. The van der Waals surface area contributed by atoms with Gasteiger partial charge in [0.15, 0.2) is 17.6 Å². The number of aromatic nitrogens is 2. The monoisotopic (exact) mass is 445 g/mol. The number of rotatable bonds is 8. The Morgan fingerprint density at radius 2 is 1.94 bits per heavy atom. The van der Waals surface area contributed by atoms with Gasteiger partial charge in [0.2, 0.25) is 12.7 Å². The van der Waals surface area contributed by atoms with Gasteiger partial charge in [-0.1, -0.05) is 17.8 Å². The topological polar surface area (TPSA) is 95.7 Å². The lowest BCUT2D eigenvalue weighted by atomic mass is 10.2. The van der Waals surface area contributed by atoms with E-state index in [9.17, 15) is 9.18 Å². The van der Waals surface area contributed by atoms with Gasteiger partial charge in [-0.3, -0.25) is 4.79 Å². The molecule has 2 atom stereocenters. The minimum absolute atomic E-state index is 0.168. The second kappa shape index (κ2) is 9.25. The summed E-state index contributed by atoms with van der Waals surface area (Å²) >= 11 is 1.15. The van der Waals surface area contributed by atoms with Crippen molar-refractivity contribution < 1.29 is 27.8 Å². The van der Waals surface area contributed by atoms with Crippen molar-refractivity contribution in [3.05, 3.63) is 59.7 Å². The fourth-order valence-electron chi connectivity index (χ4n) is 2.79. The number of ether oxygens (including phenoxy) is 3. The molecule has 1 aromatic heterocycles. The van der Waals surface area contributed by atoms with E-state index in [0.29, 0.717) is 23.8 Å². The molecule has 31 heavy (non-hydrogen) atoms. The van der Waals surface area contributed by atoms with Crippen LogP contribution in [-0.4, -0.2) is 28.1 Å². The first-order valence-corrected chi connectivity index (χ1v) is 10.4. The lowest BCUT2D eigenvalue weighted by molar-refractivity contribution is -0.120. The Morgan fingerprint density at radius 3 is 2.74 bits per heavy atom. The van der Waals surface area contributed by atoms with Gasteiger partial charge in [-0.25, -0.2) is 4.39 Å². The van der Waals surface area contributed by atoms with E-state index in [1.54, 1.807) is 13.8 Å². The normalized spacial score (nSPS) is 14.2. The summed E-state index contributed by atoms with van der Waals surface area (Å²) in [7, 11) is 0. The number of amides is 1. The highest BCUT2D eigenvalue weighted by atomic mass is 32.2. The second-order valence-corrected chi connectivity index (χ2v) is 8.08. The summed E-state index contributed by atoms with van der Waals surface area (Å²) in [6.07, 6.45) is -0.526. The van der Waals surface area contributed by atoms with Crippen LogP contribution < -0.4 is 19.5 Å². The molecule has 8 nitrogen and oxygen atoms in total. The summed E-state index contributed by atoms with van der Waals surface area (Å²) in [5, 5.41) is 10.6. The summed E-state index contributed by atoms with van der Waals surface area (Å²) in [4.78, 5) is 12.4. The number of nitrogens with one attached hydrogen (secondary N) is 1. The lowest BCUT2D eigenvalue weighted by Crippen LogP contribution is -2.30. The molecule has 1 N–H and O–H groups in total. The molecule has 2 heterocycles. The summed E-state index contributed by atoms with van der Waals surface area (Å²) in [6.45, 7) is 4.06. The minimum Gasteiger partial charge on any atom is -0.481 e. The predicted molar refractivity (Wildman–Crippen MR) is 109 cm³/mol. The molecule has 1 amide bonds. The fourth-order valence-corrected chi connectivity index (χ4v) is 3.50. The number of carbonyl (C=O) groups excluding carboxylic acids is 1. The van der Waals surface area contributed by atoms with E-state index >= 15 is 0 Å². The van der Waals surface area contributed by atoms with Crippen molar-refractivity contribution in [2.75, 3.05) is 6.79 Å². The standard InChI is InChI=1S/C21H20FN3O5S/c1-12(29-16-6-4-15(22)5-7-16)20-24-25-21(30-20)31-13(2)19(26)23-10-14-3-8-17-18(9-14)28-11-27-17/h3-9,12-13H,10-11H2,1-2H3,(H,23,26)/t12-,13+/m0/s1. The smallest absolute Gasteiger partial charge is 0.277 e. The van der Waals surface area contributed by atoms with Crippen LogP contribution in [0.2, 0.25) is 0 Å². The van der Waals surface area contributed by atoms with Gasteiger partial charge < -0.3 is 23.9 Å². The number of hydrogen-bond acceptors (Lipinski definition) is 8. The van der Waals surface area contributed by atoms with Gasteiger partial charge in [0.1, 0.15) is 11.6 Å². The van der Waals surface area contributed by atoms with Gasteiger partial charge in [0, 0.05) is 6.54 Å². The largest absolute Gasteiger partial charge is 0.481 e. The van der Waals surface area contributed by atoms with Crippen molar-refractivity contribution in [3.8, 4) is 17.2 Å². The third kappa shape index (κ3) is 5.26. The SMILES string of the molecule is C[C@H](Oc1ccc(F)cc1)c1nnc(S[C@H](C)C(=O)NCc2ccc3c(c2)OCO3)o1. The van der Waals surface area contributed by atoms with Gasteiger partial charge in [0.05, 0.1) is 5.25 Å². The minimum atomic E-state index is -0.526. The molecule has 0 bridgehead atoms. The number of benzene rings is 2. The molecular weight excluding hydrogens is 425 g/mol. The first kappa shape index (κ1) is 21.0. The van der Waals surface area contributed by atoms with Gasteiger partial charge >= 0.3 is 0 Å². The van der Waals surface area contributed by atoms with Crippen LogP contribution in [0.15, 0.2) is 52.1 Å². The highest BCUT2D eigenvalue weighted by molar-refractivity contribution is 8.00. The lowest BCUT2D eigenvalue weighted by Gasteiger charge is -2.11. The molecular formula is C21H20FN3O5S. The molecule has 4 rings (SSSR count). The molecule has 1 aliphatic rings. The first-order valence-electron chi connectivity index (χ1n) is 9.56. The zero-order valence-electron chi connectivity index (χ0n) is 16.8. The Kier molecular flexibility index (Phi) is 6.26. The third-order valence-corrected chi connectivity index (χ3v) is 5.38. The van der Waals surface area contributed by atoms with Crippen molar-refractivity contribution in [2.24, 2.45) is 0 Å². The van der Waals surface area contributed by atoms with Crippen LogP contribution in [-0.2, 0) is 11.3 Å². The number of hydrogen-bond donors (Lipinski definition) is 1. The van der Waals surface area contributed by atoms with E-state index in [1.165, 1.54) is 24.3 Å². The summed E-state index contributed by atoms with van der Waals surface area (Å²) in [5.41, 5.74) is 0.904. The zero-order valence-corrected chi connectivity index (χ0v) is 17.6. The average molecular weight is 445 g/mol. The van der Waals surface area contributed by atoms with Crippen molar-refractivity contribution in [3.63, 3.8) is 0 Å². The van der Waals surface area contributed by atoms with Crippen LogP contribution in [0.5, 0.6) is 17.2 Å².